The van der Waals surface area contributed by atoms with E-state index in [0.717, 1.165) is 0 Å². The van der Waals surface area contributed by atoms with E-state index in [1.807, 2.05) is 0 Å². The molecule has 25 heteroatoms. The van der Waals surface area contributed by atoms with Gasteiger partial charge in [-0.05, 0) is 43.5 Å². The lowest BCUT2D eigenvalue weighted by molar-refractivity contribution is 0.381. The van der Waals surface area contributed by atoms with Crippen molar-refractivity contribution in [1.82, 2.24) is 24.8 Å². The number of likely N-dealkylation sites (tertiary alicyclic amines) is 1. The van der Waals surface area contributed by atoms with Gasteiger partial charge in [-0.1, -0.05) is 0 Å². The number of hydrogen-bond donors (Lipinski definition) is 2. The first-order valence-electron chi connectivity index (χ1n) is 20.2. The van der Waals surface area contributed by atoms with Crippen molar-refractivity contribution in [3.63, 3.8) is 0 Å². The summed E-state index contributed by atoms with van der Waals surface area (Å²) in [5, 5.41) is 0. The number of nitrogens with one attached hydrogen (secondary N) is 2. The zero-order chi connectivity index (χ0) is 52.0. The lowest BCUT2D eigenvalue weighted by Gasteiger charge is -2.15. The van der Waals surface area contributed by atoms with Crippen LogP contribution in [-0.2, 0) is 0 Å². The average molecular weight is 1030 g/mol. The van der Waals surface area contributed by atoms with E-state index >= 15 is 70.2 Å². The molecule has 370 valence electrons. The predicted molar refractivity (Wildman–Crippen MR) is 214 cm³/mol. The molecule has 2 atom stereocenters. The third-order valence-electron chi connectivity index (χ3n) is 12.4. The topological polar surface area (TPSA) is 60.6 Å². The van der Waals surface area contributed by atoms with Gasteiger partial charge in [0.15, 0.2) is 93.1 Å². The van der Waals surface area contributed by atoms with Crippen LogP contribution in [0.4, 0.5) is 87.8 Å². The van der Waals surface area contributed by atoms with Crippen molar-refractivity contribution < 1.29 is 87.8 Å². The van der Waals surface area contributed by atoms with Gasteiger partial charge in [-0.3, -0.25) is 4.98 Å². The molecular formula is C47H17F20N5. The maximum atomic E-state index is 16.2. The molecule has 1 fully saturated rings. The predicted octanol–water partition coefficient (Wildman–Crippen LogP) is 13.7. The SMILES string of the molecule is CN1C[C@@H]2c3nc(c(-c4c(F)c(F)c(F)c(F)c4F)c4ccc([nH]4)c(-c4c(F)c(F)c(F)c(F)c4F)c4nc(c(-c5c(F)c(F)c(F)c(F)c5F)c5ccc([nH]5)c3-c3c(F)c(F)c(F)c(F)c3F)C=C4)[C@@H]2C1. The minimum absolute atomic E-state index is 0.375. The van der Waals surface area contributed by atoms with E-state index in [9.17, 15) is 17.6 Å². The lowest BCUT2D eigenvalue weighted by atomic mass is 9.86. The molecule has 0 aliphatic carbocycles. The zero-order valence-corrected chi connectivity index (χ0v) is 34.9. The number of rotatable bonds is 4. The molecular weight excluding hydrogens is 1010 g/mol. The van der Waals surface area contributed by atoms with Crippen molar-refractivity contribution in [1.29, 1.82) is 0 Å². The van der Waals surface area contributed by atoms with Crippen LogP contribution >= 0.6 is 0 Å². The second-order valence-electron chi connectivity index (χ2n) is 16.4. The third kappa shape index (κ3) is 6.67. The van der Waals surface area contributed by atoms with Gasteiger partial charge in [-0.15, -0.1) is 0 Å². The monoisotopic (exact) mass is 1030 g/mol. The molecule has 6 heterocycles. The van der Waals surface area contributed by atoms with E-state index in [1.54, 1.807) is 0 Å². The van der Waals surface area contributed by atoms with E-state index in [-0.39, 0.29) is 13.1 Å². The molecule has 8 bridgehead atoms. The van der Waals surface area contributed by atoms with Gasteiger partial charge in [0, 0.05) is 69.2 Å². The molecule has 0 spiro atoms. The molecule has 7 aromatic rings. The first kappa shape index (κ1) is 48.0. The van der Waals surface area contributed by atoms with E-state index in [0.29, 0.717) is 36.4 Å². The number of likely N-dealkylation sites (N-methyl/N-ethyl adjacent to an activating group) is 1. The summed E-state index contributed by atoms with van der Waals surface area (Å²) in [6.45, 7) is -0.750. The average Bonchev–Trinajstić information content (AvgIpc) is 4.23. The molecule has 5 nitrogen and oxygen atoms in total. The van der Waals surface area contributed by atoms with Gasteiger partial charge in [-0.2, -0.15) is 0 Å². The molecule has 4 aromatic carbocycles. The maximum absolute atomic E-state index is 16.2. The second-order valence-corrected chi connectivity index (χ2v) is 16.4. The van der Waals surface area contributed by atoms with Crippen LogP contribution in [0, 0.1) is 116 Å². The fourth-order valence-corrected chi connectivity index (χ4v) is 9.25. The van der Waals surface area contributed by atoms with Gasteiger partial charge in [0.05, 0.1) is 45.0 Å². The smallest absolute Gasteiger partial charge is 0.200 e. The highest BCUT2D eigenvalue weighted by molar-refractivity contribution is 5.98. The Morgan fingerprint density at radius 3 is 0.806 bits per heavy atom. The summed E-state index contributed by atoms with van der Waals surface area (Å²) in [6, 6.07) is 2.75. The highest BCUT2D eigenvalue weighted by atomic mass is 19.2. The van der Waals surface area contributed by atoms with E-state index in [2.05, 4.69) is 19.9 Å². The van der Waals surface area contributed by atoms with Crippen LogP contribution in [0.25, 0.3) is 78.7 Å². The van der Waals surface area contributed by atoms with E-state index in [1.165, 1.54) is 11.9 Å². The molecule has 0 amide bonds. The van der Waals surface area contributed by atoms with Gasteiger partial charge in [0.1, 0.15) is 0 Å². The number of halogens is 20. The lowest BCUT2D eigenvalue weighted by Crippen LogP contribution is -2.15. The van der Waals surface area contributed by atoms with Crippen LogP contribution < -0.4 is 0 Å². The van der Waals surface area contributed by atoms with Gasteiger partial charge >= 0.3 is 0 Å². The minimum Gasteiger partial charge on any atom is -0.354 e. The van der Waals surface area contributed by atoms with E-state index in [4.69, 9.17) is 0 Å². The normalized spacial score (nSPS) is 15.6. The van der Waals surface area contributed by atoms with Gasteiger partial charge in [0.2, 0.25) is 23.3 Å². The van der Waals surface area contributed by atoms with Crippen LogP contribution in [0.2, 0.25) is 0 Å². The molecule has 1 saturated heterocycles. The van der Waals surface area contributed by atoms with Crippen molar-refractivity contribution >= 4 is 34.2 Å². The fourth-order valence-electron chi connectivity index (χ4n) is 9.25. The Morgan fingerprint density at radius 1 is 0.319 bits per heavy atom. The quantitative estimate of drug-likeness (QED) is 0.105. The fraction of sp³-hybridized carbons (Fsp3) is 0.106. The molecule has 3 aliphatic heterocycles. The van der Waals surface area contributed by atoms with Crippen LogP contribution in [-0.4, -0.2) is 45.0 Å². The number of H-pyrrole nitrogens is 2. The number of aromatic nitrogens is 4. The Morgan fingerprint density at radius 2 is 0.542 bits per heavy atom. The molecule has 2 N–H and O–H groups in total. The Hall–Kier alpha value is -7.70. The first-order valence-corrected chi connectivity index (χ1v) is 20.2. The Kier molecular flexibility index (Phi) is 11.1. The van der Waals surface area contributed by atoms with E-state index < -0.39 is 218 Å². The third-order valence-corrected chi connectivity index (χ3v) is 12.4. The minimum atomic E-state index is -2.71. The van der Waals surface area contributed by atoms with Crippen LogP contribution in [0.1, 0.15) is 34.6 Å². The van der Waals surface area contributed by atoms with Gasteiger partial charge in [0.25, 0.3) is 0 Å². The zero-order valence-electron chi connectivity index (χ0n) is 34.9. The summed E-state index contributed by atoms with van der Waals surface area (Å²) in [6.07, 6.45) is 1.25. The van der Waals surface area contributed by atoms with Crippen LogP contribution in [0.15, 0.2) is 24.3 Å². The largest absolute Gasteiger partial charge is 0.354 e. The summed E-state index contributed by atoms with van der Waals surface area (Å²) >= 11 is 0. The maximum Gasteiger partial charge on any atom is 0.200 e. The molecule has 72 heavy (non-hydrogen) atoms. The van der Waals surface area contributed by atoms with Gasteiger partial charge < -0.3 is 14.9 Å². The molecule has 10 rings (SSSR count). The number of fused-ring (bicyclic) bond motifs is 11. The summed E-state index contributed by atoms with van der Waals surface area (Å²) in [5.74, 6) is -55.2. The number of nitrogens with zero attached hydrogens (tertiary/aromatic N) is 3. The van der Waals surface area contributed by atoms with Crippen molar-refractivity contribution in [3.05, 3.63) is 163 Å². The molecule has 3 aliphatic rings. The summed E-state index contributed by atoms with van der Waals surface area (Å²) in [5.41, 5.74) is -19.4. The molecule has 0 saturated carbocycles. The molecule has 0 unspecified atom stereocenters. The number of benzene rings is 4. The van der Waals surface area contributed by atoms with Gasteiger partial charge in [-0.25, -0.2) is 92.8 Å². The van der Waals surface area contributed by atoms with Crippen LogP contribution in [0.5, 0.6) is 0 Å². The standard InChI is InChI=1S/C47H17F20N5/c1-72-8-10-11(9-72)47-21(25-32(54)40(62)45(67)41(63)33(25)55)17-7-5-15(70-17)19(23-28(50)36(58)43(65)37(59)29(23)51)13-3-2-12(68-13)18(22-26(48)34(56)42(64)35(57)27(22)49)14-4-6-16(69-14)20(46(10)71-47)24-30(52)38(60)44(66)39(61)31(24)53/h2-7,10-11,69-70H,8-9H2,1H3/t10-,11+. The Balaban J connectivity index is 1.53. The molecule has 0 radical (unpaired) electrons. The first-order chi connectivity index (χ1) is 34.0. The summed E-state index contributed by atoms with van der Waals surface area (Å²) in [4.78, 5) is 14.4. The highest BCUT2D eigenvalue weighted by Gasteiger charge is 2.45. The number of hydrogen-bond acceptors (Lipinski definition) is 3. The van der Waals surface area contributed by atoms with Crippen LogP contribution in [0.3, 0.4) is 0 Å². The van der Waals surface area contributed by atoms with Crippen molar-refractivity contribution in [2.75, 3.05) is 20.1 Å². The number of aromatic amines is 2. The summed E-state index contributed by atoms with van der Waals surface area (Å²) < 4.78 is 308. The Bertz CT molecular complexity index is 3470. The van der Waals surface area contributed by atoms with Crippen molar-refractivity contribution in [2.45, 2.75) is 11.8 Å². The highest BCUT2D eigenvalue weighted by Crippen LogP contribution is 2.52. The molecule has 3 aromatic heterocycles. The summed E-state index contributed by atoms with van der Waals surface area (Å²) in [7, 11) is 1.35. The van der Waals surface area contributed by atoms with Crippen molar-refractivity contribution in [3.8, 4) is 44.5 Å². The second kappa shape index (κ2) is 16.7. The van der Waals surface area contributed by atoms with Crippen molar-refractivity contribution in [2.24, 2.45) is 0 Å². The Labute approximate surface area is 386 Å².